The van der Waals surface area contributed by atoms with Gasteiger partial charge in [-0.15, -0.1) is 5.10 Å². The molecule has 0 unspecified atom stereocenters. The fraction of sp³-hybridized carbons (Fsp3) is 0.214. The summed E-state index contributed by atoms with van der Waals surface area (Å²) in [7, 11) is 0. The maximum absolute atomic E-state index is 12.7. The van der Waals surface area contributed by atoms with Crippen LogP contribution in [0.25, 0.3) is 0 Å². The van der Waals surface area contributed by atoms with Crippen molar-refractivity contribution >= 4 is 11.6 Å². The van der Waals surface area contributed by atoms with Crippen molar-refractivity contribution in [3.63, 3.8) is 0 Å². The van der Waals surface area contributed by atoms with Crippen molar-refractivity contribution in [3.05, 3.63) is 53.6 Å². The van der Waals surface area contributed by atoms with Crippen molar-refractivity contribution < 1.29 is 9.18 Å². The second-order valence-corrected chi connectivity index (χ2v) is 4.58. The zero-order chi connectivity index (χ0) is 13.2. The Balaban J connectivity index is 1.70. The van der Waals surface area contributed by atoms with Gasteiger partial charge in [0.25, 0.3) is 5.91 Å². The minimum absolute atomic E-state index is 0.258. The quantitative estimate of drug-likeness (QED) is 0.919. The van der Waals surface area contributed by atoms with Crippen molar-refractivity contribution in [1.29, 1.82) is 0 Å². The molecule has 1 saturated carbocycles. The average Bonchev–Trinajstić information content (AvgIpc) is 3.26. The summed E-state index contributed by atoms with van der Waals surface area (Å²) in [6, 6.07) is 9.08. The van der Waals surface area contributed by atoms with Crippen LogP contribution in [0.5, 0.6) is 0 Å². The molecule has 1 aliphatic carbocycles. The van der Waals surface area contributed by atoms with Crippen molar-refractivity contribution in [2.24, 2.45) is 0 Å². The highest BCUT2D eigenvalue weighted by atomic mass is 19.1. The first-order valence-electron chi connectivity index (χ1n) is 6.13. The Kier molecular flexibility index (Phi) is 2.95. The Bertz CT molecular complexity index is 591. The summed E-state index contributed by atoms with van der Waals surface area (Å²) in [5.41, 5.74) is 1.73. The Morgan fingerprint density at radius 2 is 1.84 bits per heavy atom. The van der Waals surface area contributed by atoms with Crippen LogP contribution in [0.3, 0.4) is 0 Å². The number of amides is 1. The van der Waals surface area contributed by atoms with Crippen LogP contribution in [0.1, 0.15) is 34.9 Å². The van der Waals surface area contributed by atoms with Gasteiger partial charge in [-0.1, -0.05) is 0 Å². The first kappa shape index (κ1) is 11.8. The molecule has 2 aromatic rings. The molecule has 1 aliphatic rings. The first-order chi connectivity index (χ1) is 9.22. The number of hydrogen-bond donors (Lipinski definition) is 1. The van der Waals surface area contributed by atoms with Crippen LogP contribution >= 0.6 is 0 Å². The lowest BCUT2D eigenvalue weighted by Crippen LogP contribution is -2.14. The van der Waals surface area contributed by atoms with Crippen molar-refractivity contribution in [3.8, 4) is 0 Å². The molecule has 1 aromatic heterocycles. The number of carbonyl (C=O) groups is 1. The maximum atomic E-state index is 12.7. The normalized spacial score (nSPS) is 14.2. The van der Waals surface area contributed by atoms with E-state index in [0.717, 1.165) is 18.5 Å². The summed E-state index contributed by atoms with van der Waals surface area (Å²) in [5, 5.41) is 10.6. The molecule has 1 amide bonds. The number of rotatable bonds is 3. The van der Waals surface area contributed by atoms with Gasteiger partial charge in [-0.2, -0.15) is 5.10 Å². The topological polar surface area (TPSA) is 54.9 Å². The Hall–Kier alpha value is -2.30. The van der Waals surface area contributed by atoms with Crippen LogP contribution in [0.4, 0.5) is 10.1 Å². The predicted molar refractivity (Wildman–Crippen MR) is 68.4 cm³/mol. The van der Waals surface area contributed by atoms with E-state index in [2.05, 4.69) is 15.5 Å². The molecule has 96 valence electrons. The van der Waals surface area contributed by atoms with E-state index >= 15 is 0 Å². The van der Waals surface area contributed by atoms with Crippen LogP contribution in [0, 0.1) is 5.82 Å². The fourth-order valence-electron chi connectivity index (χ4n) is 1.79. The van der Waals surface area contributed by atoms with E-state index in [1.807, 2.05) is 6.07 Å². The fourth-order valence-corrected chi connectivity index (χ4v) is 1.79. The summed E-state index contributed by atoms with van der Waals surface area (Å²) < 4.78 is 12.7. The number of carbonyl (C=O) groups excluding carboxylic acids is 1. The minimum Gasteiger partial charge on any atom is -0.321 e. The zero-order valence-corrected chi connectivity index (χ0v) is 10.1. The van der Waals surface area contributed by atoms with E-state index in [1.54, 1.807) is 6.07 Å². The molecule has 0 aliphatic heterocycles. The van der Waals surface area contributed by atoms with Crippen molar-refractivity contribution in [2.45, 2.75) is 18.8 Å². The van der Waals surface area contributed by atoms with Crippen LogP contribution in [-0.2, 0) is 0 Å². The molecule has 0 saturated heterocycles. The number of nitrogens with zero attached hydrogens (tertiary/aromatic N) is 2. The SMILES string of the molecule is O=C(Nc1ccc(F)cc1)c1ccc(C2CC2)nn1. The molecule has 1 aromatic carbocycles. The highest BCUT2D eigenvalue weighted by Crippen LogP contribution is 2.38. The molecular weight excluding hydrogens is 245 g/mol. The lowest BCUT2D eigenvalue weighted by molar-refractivity contribution is 0.102. The Morgan fingerprint density at radius 3 is 2.42 bits per heavy atom. The van der Waals surface area contributed by atoms with Gasteiger partial charge in [-0.25, -0.2) is 4.39 Å². The maximum Gasteiger partial charge on any atom is 0.276 e. The van der Waals surface area contributed by atoms with Gasteiger partial charge in [0.2, 0.25) is 0 Å². The van der Waals surface area contributed by atoms with Gasteiger partial charge in [0.15, 0.2) is 5.69 Å². The van der Waals surface area contributed by atoms with Gasteiger partial charge in [0.05, 0.1) is 5.69 Å². The lowest BCUT2D eigenvalue weighted by atomic mass is 10.2. The van der Waals surface area contributed by atoms with Gasteiger partial charge in [0.1, 0.15) is 5.82 Å². The average molecular weight is 257 g/mol. The number of hydrogen-bond acceptors (Lipinski definition) is 3. The molecule has 3 rings (SSSR count). The van der Waals surface area contributed by atoms with E-state index in [4.69, 9.17) is 0 Å². The van der Waals surface area contributed by atoms with E-state index in [1.165, 1.54) is 24.3 Å². The van der Waals surface area contributed by atoms with Crippen molar-refractivity contribution in [2.75, 3.05) is 5.32 Å². The highest BCUT2D eigenvalue weighted by molar-refractivity contribution is 6.02. The largest absolute Gasteiger partial charge is 0.321 e. The minimum atomic E-state index is -0.346. The molecule has 5 heteroatoms. The monoisotopic (exact) mass is 257 g/mol. The molecule has 0 radical (unpaired) electrons. The predicted octanol–water partition coefficient (Wildman–Crippen LogP) is 2.75. The first-order valence-corrected chi connectivity index (χ1v) is 6.13. The van der Waals surface area contributed by atoms with Crippen LogP contribution < -0.4 is 5.32 Å². The van der Waals surface area contributed by atoms with E-state index in [9.17, 15) is 9.18 Å². The summed E-state index contributed by atoms with van der Waals surface area (Å²) in [4.78, 5) is 11.9. The second kappa shape index (κ2) is 4.76. The van der Waals surface area contributed by atoms with E-state index in [0.29, 0.717) is 11.6 Å². The van der Waals surface area contributed by atoms with Crippen LogP contribution in [-0.4, -0.2) is 16.1 Å². The van der Waals surface area contributed by atoms with E-state index < -0.39 is 0 Å². The lowest BCUT2D eigenvalue weighted by Gasteiger charge is -2.04. The van der Waals surface area contributed by atoms with Crippen molar-refractivity contribution in [1.82, 2.24) is 10.2 Å². The second-order valence-electron chi connectivity index (χ2n) is 4.58. The molecule has 4 nitrogen and oxygen atoms in total. The summed E-state index contributed by atoms with van der Waals surface area (Å²) in [6.45, 7) is 0. The Morgan fingerprint density at radius 1 is 1.11 bits per heavy atom. The number of anilines is 1. The summed E-state index contributed by atoms with van der Waals surface area (Å²) in [6.07, 6.45) is 2.30. The molecule has 1 fully saturated rings. The summed E-state index contributed by atoms with van der Waals surface area (Å²) in [5.74, 6) is -0.172. The number of halogens is 1. The molecule has 19 heavy (non-hydrogen) atoms. The molecular formula is C14H12FN3O. The van der Waals surface area contributed by atoms with Gasteiger partial charge < -0.3 is 5.32 Å². The number of aromatic nitrogens is 2. The van der Waals surface area contributed by atoms with Gasteiger partial charge >= 0.3 is 0 Å². The zero-order valence-electron chi connectivity index (χ0n) is 10.1. The molecule has 1 N–H and O–H groups in total. The van der Waals surface area contributed by atoms with E-state index in [-0.39, 0.29) is 17.4 Å². The van der Waals surface area contributed by atoms with Crippen LogP contribution in [0.2, 0.25) is 0 Å². The smallest absolute Gasteiger partial charge is 0.276 e. The molecule has 1 heterocycles. The third kappa shape index (κ3) is 2.76. The third-order valence-corrected chi connectivity index (χ3v) is 3.02. The number of nitrogens with one attached hydrogen (secondary N) is 1. The highest BCUT2D eigenvalue weighted by Gasteiger charge is 2.25. The van der Waals surface area contributed by atoms with Crippen LogP contribution in [0.15, 0.2) is 36.4 Å². The Labute approximate surface area is 109 Å². The van der Waals surface area contributed by atoms with Gasteiger partial charge in [-0.3, -0.25) is 4.79 Å². The number of benzene rings is 1. The summed E-state index contributed by atoms with van der Waals surface area (Å²) >= 11 is 0. The third-order valence-electron chi connectivity index (χ3n) is 3.02. The molecule has 0 spiro atoms. The van der Waals surface area contributed by atoms with Gasteiger partial charge in [0, 0.05) is 11.6 Å². The molecule has 0 atom stereocenters. The van der Waals surface area contributed by atoms with Gasteiger partial charge in [-0.05, 0) is 49.2 Å². The standard InChI is InChI=1S/C14H12FN3O/c15-10-3-5-11(6-4-10)16-14(19)13-8-7-12(17-18-13)9-1-2-9/h3-9H,1-2H2,(H,16,19). The molecule has 0 bridgehead atoms.